The fourth-order valence-electron chi connectivity index (χ4n) is 4.25. The quantitative estimate of drug-likeness (QED) is 0.282. The molecule has 0 saturated carbocycles. The van der Waals surface area contributed by atoms with Crippen molar-refractivity contribution in [1.82, 2.24) is 0 Å². The lowest BCUT2D eigenvalue weighted by atomic mass is 9.94. The first-order valence-corrected chi connectivity index (χ1v) is 10.9. The summed E-state index contributed by atoms with van der Waals surface area (Å²) in [5, 5.41) is 9.83. The molecule has 2 heteroatoms. The number of allylic oxidation sites excluding steroid dienone is 1. The molecule has 3 rings (SSSR count). The Labute approximate surface area is 169 Å². The van der Waals surface area contributed by atoms with Crippen molar-refractivity contribution in [1.29, 1.82) is 0 Å². The van der Waals surface area contributed by atoms with Gasteiger partial charge in [0.2, 0.25) is 0 Å². The molecule has 0 aromatic heterocycles. The van der Waals surface area contributed by atoms with Gasteiger partial charge in [-0.25, -0.2) is 4.79 Å². The maximum atomic E-state index is 12.0. The smallest absolute Gasteiger partial charge is 0.335 e. The van der Waals surface area contributed by atoms with Crippen molar-refractivity contribution in [2.75, 3.05) is 0 Å². The fraction of sp³-hybridized carbons (Fsp3) is 0.423. The summed E-state index contributed by atoms with van der Waals surface area (Å²) in [5.41, 5.74) is 6.24. The highest BCUT2D eigenvalue weighted by Crippen LogP contribution is 2.40. The summed E-state index contributed by atoms with van der Waals surface area (Å²) < 4.78 is 0. The van der Waals surface area contributed by atoms with Crippen LogP contribution in [0.3, 0.4) is 0 Å². The van der Waals surface area contributed by atoms with Crippen LogP contribution in [0.15, 0.2) is 48.5 Å². The van der Waals surface area contributed by atoms with E-state index in [2.05, 4.69) is 37.3 Å². The van der Waals surface area contributed by atoms with E-state index in [-0.39, 0.29) is 0 Å². The number of benzene rings is 2. The second-order valence-electron chi connectivity index (χ2n) is 7.85. The second-order valence-corrected chi connectivity index (χ2v) is 7.85. The van der Waals surface area contributed by atoms with Crippen molar-refractivity contribution in [2.45, 2.75) is 71.1 Å². The molecule has 2 nitrogen and oxygen atoms in total. The third kappa shape index (κ3) is 4.92. The zero-order chi connectivity index (χ0) is 19.8. The van der Waals surface area contributed by atoms with Crippen molar-refractivity contribution in [2.24, 2.45) is 0 Å². The van der Waals surface area contributed by atoms with E-state index in [1.165, 1.54) is 61.6 Å². The van der Waals surface area contributed by atoms with Crippen LogP contribution in [0.4, 0.5) is 0 Å². The highest BCUT2D eigenvalue weighted by Gasteiger charge is 2.23. The number of aliphatic carboxylic acids is 1. The molecule has 0 spiro atoms. The molecular weight excluding hydrogens is 344 g/mol. The average molecular weight is 377 g/mol. The van der Waals surface area contributed by atoms with Crippen LogP contribution in [-0.4, -0.2) is 11.1 Å². The number of rotatable bonds is 11. The van der Waals surface area contributed by atoms with Crippen LogP contribution in [0.2, 0.25) is 0 Å². The number of fused-ring (bicyclic) bond motifs is 3. The van der Waals surface area contributed by atoms with Crippen molar-refractivity contribution < 1.29 is 9.90 Å². The average Bonchev–Trinajstić information content (AvgIpc) is 3.08. The largest absolute Gasteiger partial charge is 0.478 e. The lowest BCUT2D eigenvalue weighted by Crippen LogP contribution is -2.03. The number of unbranched alkanes of at least 4 members (excludes halogenated alkanes) is 8. The summed E-state index contributed by atoms with van der Waals surface area (Å²) in [7, 11) is 0. The molecule has 0 atom stereocenters. The fourth-order valence-corrected chi connectivity index (χ4v) is 4.25. The van der Waals surface area contributed by atoms with E-state index < -0.39 is 5.97 Å². The Morgan fingerprint density at radius 1 is 0.893 bits per heavy atom. The van der Waals surface area contributed by atoms with Crippen LogP contribution in [0.5, 0.6) is 0 Å². The molecule has 2 aromatic rings. The Bertz CT molecular complexity index is 832. The molecule has 28 heavy (non-hydrogen) atoms. The molecule has 1 aliphatic carbocycles. The lowest BCUT2D eigenvalue weighted by molar-refractivity contribution is -0.130. The number of carboxylic acid groups (broad SMARTS) is 1. The Morgan fingerprint density at radius 2 is 1.57 bits per heavy atom. The first kappa shape index (κ1) is 20.4. The zero-order valence-electron chi connectivity index (χ0n) is 17.0. The second kappa shape index (κ2) is 10.3. The van der Waals surface area contributed by atoms with Gasteiger partial charge in [-0.2, -0.15) is 0 Å². The Hall–Kier alpha value is -2.35. The maximum absolute atomic E-state index is 12.0. The van der Waals surface area contributed by atoms with Crippen molar-refractivity contribution >= 4 is 11.5 Å². The van der Waals surface area contributed by atoms with Crippen LogP contribution >= 0.6 is 0 Å². The van der Waals surface area contributed by atoms with Gasteiger partial charge in [0.05, 0.1) is 5.57 Å². The molecule has 148 valence electrons. The van der Waals surface area contributed by atoms with Gasteiger partial charge in [-0.05, 0) is 47.1 Å². The molecule has 0 amide bonds. The molecule has 0 aliphatic heterocycles. The standard InChI is InChI=1S/C26H32O2/c1-2-3-4-5-6-7-8-9-10-16-24(26(27)28)23-18-13-17-22-21-15-12-11-14-20(21)19-25(22)23/h11-18H,2-10,19H2,1H3,(H,27,28). The van der Waals surface area contributed by atoms with E-state index in [0.717, 1.165) is 30.4 Å². The molecule has 2 aromatic carbocycles. The van der Waals surface area contributed by atoms with Crippen LogP contribution in [0, 0.1) is 0 Å². The molecular formula is C26H32O2. The Kier molecular flexibility index (Phi) is 7.47. The topological polar surface area (TPSA) is 37.3 Å². The van der Waals surface area contributed by atoms with Crippen LogP contribution in [0.1, 0.15) is 81.4 Å². The van der Waals surface area contributed by atoms with Gasteiger partial charge in [-0.3, -0.25) is 0 Å². The molecule has 0 saturated heterocycles. The highest BCUT2D eigenvalue weighted by atomic mass is 16.4. The molecule has 0 radical (unpaired) electrons. The third-order valence-corrected chi connectivity index (χ3v) is 5.78. The Morgan fingerprint density at radius 3 is 2.32 bits per heavy atom. The van der Waals surface area contributed by atoms with E-state index in [1.807, 2.05) is 18.2 Å². The van der Waals surface area contributed by atoms with Gasteiger partial charge in [-0.1, -0.05) is 100 Å². The van der Waals surface area contributed by atoms with E-state index in [9.17, 15) is 9.90 Å². The van der Waals surface area contributed by atoms with Gasteiger partial charge < -0.3 is 5.11 Å². The number of carboxylic acids is 1. The van der Waals surface area contributed by atoms with Crippen molar-refractivity contribution in [3.8, 4) is 11.1 Å². The first-order valence-electron chi connectivity index (χ1n) is 10.9. The lowest BCUT2D eigenvalue weighted by Gasteiger charge is -2.10. The minimum absolute atomic E-state index is 0.465. The van der Waals surface area contributed by atoms with Gasteiger partial charge >= 0.3 is 5.97 Å². The Balaban J connectivity index is 1.63. The van der Waals surface area contributed by atoms with E-state index in [4.69, 9.17) is 0 Å². The summed E-state index contributed by atoms with van der Waals surface area (Å²) in [6.07, 6.45) is 13.7. The number of carbonyl (C=O) groups is 1. The maximum Gasteiger partial charge on any atom is 0.335 e. The van der Waals surface area contributed by atoms with Gasteiger partial charge in [0.25, 0.3) is 0 Å². The number of hydrogen-bond acceptors (Lipinski definition) is 1. The summed E-state index contributed by atoms with van der Waals surface area (Å²) in [6.45, 7) is 2.24. The normalized spacial score (nSPS) is 12.7. The molecule has 1 aliphatic rings. The van der Waals surface area contributed by atoms with Crippen LogP contribution < -0.4 is 0 Å². The van der Waals surface area contributed by atoms with Crippen molar-refractivity contribution in [3.63, 3.8) is 0 Å². The molecule has 1 N–H and O–H groups in total. The first-order chi connectivity index (χ1) is 13.7. The van der Waals surface area contributed by atoms with Gasteiger partial charge in [-0.15, -0.1) is 0 Å². The van der Waals surface area contributed by atoms with E-state index in [0.29, 0.717) is 5.57 Å². The van der Waals surface area contributed by atoms with Gasteiger partial charge in [0.15, 0.2) is 0 Å². The zero-order valence-corrected chi connectivity index (χ0v) is 17.0. The predicted octanol–water partition coefficient (Wildman–Crippen LogP) is 7.26. The summed E-state index contributed by atoms with van der Waals surface area (Å²) in [6, 6.07) is 14.5. The van der Waals surface area contributed by atoms with Gasteiger partial charge in [0, 0.05) is 0 Å². The highest BCUT2D eigenvalue weighted by molar-refractivity contribution is 6.16. The molecule has 0 unspecified atom stereocenters. The predicted molar refractivity (Wildman–Crippen MR) is 118 cm³/mol. The third-order valence-electron chi connectivity index (χ3n) is 5.78. The molecule has 0 heterocycles. The summed E-state index contributed by atoms with van der Waals surface area (Å²) in [5.74, 6) is -0.816. The van der Waals surface area contributed by atoms with Crippen LogP contribution in [-0.2, 0) is 11.2 Å². The minimum atomic E-state index is -0.816. The summed E-state index contributed by atoms with van der Waals surface area (Å²) >= 11 is 0. The SMILES string of the molecule is CCCCCCCCCCC=C(C(=O)O)c1cccc2c1Cc1ccccc1-2. The monoisotopic (exact) mass is 376 g/mol. The minimum Gasteiger partial charge on any atom is -0.478 e. The number of hydrogen-bond donors (Lipinski definition) is 1. The van der Waals surface area contributed by atoms with E-state index in [1.54, 1.807) is 0 Å². The van der Waals surface area contributed by atoms with Crippen LogP contribution in [0.25, 0.3) is 16.7 Å². The van der Waals surface area contributed by atoms with E-state index >= 15 is 0 Å². The van der Waals surface area contributed by atoms with Gasteiger partial charge in [0.1, 0.15) is 0 Å². The summed E-state index contributed by atoms with van der Waals surface area (Å²) in [4.78, 5) is 12.0. The molecule has 0 bridgehead atoms. The van der Waals surface area contributed by atoms with Crippen molar-refractivity contribution in [3.05, 3.63) is 65.2 Å². The molecule has 0 fully saturated rings.